The number of fused-ring (bicyclic) bond motifs is 1. The Morgan fingerprint density at radius 2 is 2.07 bits per heavy atom. The van der Waals surface area contributed by atoms with Gasteiger partial charge in [0.15, 0.2) is 5.70 Å². The molecule has 2 aromatic carbocycles. The van der Waals surface area contributed by atoms with Crippen LogP contribution in [-0.2, 0) is 0 Å². The molecule has 0 saturated carbocycles. The summed E-state index contributed by atoms with van der Waals surface area (Å²) in [5.41, 5.74) is 2.93. The van der Waals surface area contributed by atoms with E-state index in [4.69, 9.17) is 11.6 Å². The molecule has 1 aliphatic heterocycles. The van der Waals surface area contributed by atoms with Gasteiger partial charge in [0, 0.05) is 36.9 Å². The molecule has 5 nitrogen and oxygen atoms in total. The van der Waals surface area contributed by atoms with E-state index in [1.807, 2.05) is 20.2 Å². The Bertz CT molecular complexity index is 946. The molecule has 138 valence electrons. The third kappa shape index (κ3) is 4.27. The number of benzene rings is 2. The molecule has 2 aromatic rings. The van der Waals surface area contributed by atoms with E-state index in [1.54, 1.807) is 41.6 Å². The van der Waals surface area contributed by atoms with Gasteiger partial charge in [-0.05, 0) is 29.8 Å². The van der Waals surface area contributed by atoms with Crippen molar-refractivity contribution in [3.8, 4) is 6.07 Å². The number of nitrogens with zero attached hydrogens (tertiary/aromatic N) is 3. The number of halogens is 2. The lowest BCUT2D eigenvalue weighted by Gasteiger charge is -2.19. The minimum atomic E-state index is -0.414. The smallest absolute Gasteiger partial charge is 0.162 e. The van der Waals surface area contributed by atoms with Crippen LogP contribution in [0, 0.1) is 17.1 Å². The number of allylic oxidation sites excluding steroid dienone is 1. The molecule has 0 bridgehead atoms. The Labute approximate surface area is 162 Å². The van der Waals surface area contributed by atoms with Crippen LogP contribution in [0.15, 0.2) is 58.9 Å². The number of aliphatic imine (C=N–C) groups is 1. The van der Waals surface area contributed by atoms with Gasteiger partial charge in [0.05, 0.1) is 18.1 Å². The average Bonchev–Trinajstić information content (AvgIpc) is 2.82. The van der Waals surface area contributed by atoms with Gasteiger partial charge >= 0.3 is 0 Å². The molecule has 0 radical (unpaired) electrons. The second-order valence-electron chi connectivity index (χ2n) is 6.34. The van der Waals surface area contributed by atoms with Gasteiger partial charge in [-0.25, -0.2) is 9.38 Å². The van der Waals surface area contributed by atoms with E-state index < -0.39 is 6.04 Å². The highest BCUT2D eigenvalue weighted by atomic mass is 35.5. The topological polar surface area (TPSA) is 63.5 Å². The molecule has 0 amide bonds. The first-order valence-corrected chi connectivity index (χ1v) is 8.75. The van der Waals surface area contributed by atoms with Crippen LogP contribution < -0.4 is 10.6 Å². The monoisotopic (exact) mass is 383 g/mol. The lowest BCUT2D eigenvalue weighted by molar-refractivity contribution is 0.566. The number of hydrogen-bond acceptors (Lipinski definition) is 4. The van der Waals surface area contributed by atoms with E-state index in [0.717, 1.165) is 11.3 Å². The van der Waals surface area contributed by atoms with Crippen LogP contribution in [-0.4, -0.2) is 31.9 Å². The summed E-state index contributed by atoms with van der Waals surface area (Å²) in [5, 5.41) is 16.6. The first kappa shape index (κ1) is 18.9. The van der Waals surface area contributed by atoms with Crippen molar-refractivity contribution in [2.24, 2.45) is 4.99 Å². The highest BCUT2D eigenvalue weighted by molar-refractivity contribution is 6.30. The van der Waals surface area contributed by atoms with E-state index in [0.29, 0.717) is 22.8 Å². The van der Waals surface area contributed by atoms with Gasteiger partial charge in [-0.3, -0.25) is 0 Å². The normalized spacial score (nSPS) is 18.3. The summed E-state index contributed by atoms with van der Waals surface area (Å²) in [7, 11) is 3.65. The van der Waals surface area contributed by atoms with Gasteiger partial charge in [-0.2, -0.15) is 5.26 Å². The van der Waals surface area contributed by atoms with Crippen LogP contribution in [0.25, 0.3) is 0 Å². The zero-order chi connectivity index (χ0) is 19.4. The maximum Gasteiger partial charge on any atom is 0.162 e. The van der Waals surface area contributed by atoms with E-state index in [2.05, 4.69) is 21.7 Å². The molecule has 27 heavy (non-hydrogen) atoms. The third-order valence-electron chi connectivity index (χ3n) is 4.12. The molecule has 0 aliphatic carbocycles. The molecular formula is C20H19ClFN5. The zero-order valence-corrected chi connectivity index (χ0v) is 15.8. The minimum Gasteiger partial charge on any atom is -0.369 e. The first-order chi connectivity index (χ1) is 13.0. The van der Waals surface area contributed by atoms with Gasteiger partial charge < -0.3 is 15.5 Å². The highest BCUT2D eigenvalue weighted by Gasteiger charge is 2.25. The summed E-state index contributed by atoms with van der Waals surface area (Å²) >= 11 is 6.19. The lowest BCUT2D eigenvalue weighted by Crippen LogP contribution is -2.24. The van der Waals surface area contributed by atoms with Crippen LogP contribution >= 0.6 is 11.6 Å². The molecule has 0 spiro atoms. The summed E-state index contributed by atoms with van der Waals surface area (Å²) in [6, 6.07) is 13.7. The predicted molar refractivity (Wildman–Crippen MR) is 106 cm³/mol. The van der Waals surface area contributed by atoms with Crippen molar-refractivity contribution in [3.05, 3.63) is 75.8 Å². The van der Waals surface area contributed by atoms with Gasteiger partial charge in [0.1, 0.15) is 11.9 Å². The number of nitrogens with one attached hydrogen (secondary N) is 2. The van der Waals surface area contributed by atoms with Crippen LogP contribution in [0.1, 0.15) is 17.2 Å². The standard InChI is InChI=1S/C20H19ClFN5/c1-27(2)12-25-18(10-23)19-11-24-20(14-5-3-4-6-16(14)22)15-9-13(21)7-8-17(15)26-19/h3-9,12,20,24,26H,11H2,1-2H3/b19-18-,25-12?. The van der Waals surface area contributed by atoms with E-state index in [1.165, 1.54) is 6.07 Å². The predicted octanol–water partition coefficient (Wildman–Crippen LogP) is 3.91. The zero-order valence-electron chi connectivity index (χ0n) is 15.0. The Kier molecular flexibility index (Phi) is 5.75. The molecule has 0 aromatic heterocycles. The fourth-order valence-electron chi connectivity index (χ4n) is 2.88. The molecule has 7 heteroatoms. The fourth-order valence-corrected chi connectivity index (χ4v) is 3.06. The van der Waals surface area contributed by atoms with Crippen molar-refractivity contribution in [1.82, 2.24) is 10.2 Å². The van der Waals surface area contributed by atoms with Crippen molar-refractivity contribution < 1.29 is 4.39 Å². The van der Waals surface area contributed by atoms with E-state index in [9.17, 15) is 9.65 Å². The largest absolute Gasteiger partial charge is 0.369 e. The fraction of sp³-hybridized carbons (Fsp3) is 0.200. The average molecular weight is 384 g/mol. The van der Waals surface area contributed by atoms with Gasteiger partial charge in [0.25, 0.3) is 0 Å². The Morgan fingerprint density at radius 3 is 2.78 bits per heavy atom. The van der Waals surface area contributed by atoms with Gasteiger partial charge in [0.2, 0.25) is 0 Å². The molecule has 3 rings (SSSR count). The summed E-state index contributed by atoms with van der Waals surface area (Å²) in [4.78, 5) is 5.98. The Morgan fingerprint density at radius 1 is 1.30 bits per heavy atom. The maximum atomic E-state index is 14.4. The number of hydrogen-bond donors (Lipinski definition) is 2. The number of anilines is 1. The second kappa shape index (κ2) is 8.21. The molecule has 1 heterocycles. The van der Waals surface area contributed by atoms with Crippen molar-refractivity contribution in [1.29, 1.82) is 5.26 Å². The lowest BCUT2D eigenvalue weighted by atomic mass is 9.97. The van der Waals surface area contributed by atoms with Crippen molar-refractivity contribution in [2.45, 2.75) is 6.04 Å². The Balaban J connectivity index is 2.10. The maximum absolute atomic E-state index is 14.4. The third-order valence-corrected chi connectivity index (χ3v) is 4.35. The summed E-state index contributed by atoms with van der Waals surface area (Å²) < 4.78 is 14.4. The highest BCUT2D eigenvalue weighted by Crippen LogP contribution is 2.35. The molecule has 2 N–H and O–H groups in total. The van der Waals surface area contributed by atoms with Gasteiger partial charge in [-0.15, -0.1) is 0 Å². The summed E-state index contributed by atoms with van der Waals surface area (Å²) in [6.07, 6.45) is 1.56. The Hall–Kier alpha value is -2.88. The molecule has 1 unspecified atom stereocenters. The molecule has 0 saturated heterocycles. The number of nitriles is 1. The first-order valence-electron chi connectivity index (χ1n) is 8.37. The van der Waals surface area contributed by atoms with Crippen molar-refractivity contribution >= 4 is 23.6 Å². The van der Waals surface area contributed by atoms with Gasteiger partial charge in [-0.1, -0.05) is 29.8 Å². The summed E-state index contributed by atoms with van der Waals surface area (Å²) in [6.45, 7) is 0.318. The minimum absolute atomic E-state index is 0.256. The molecular weight excluding hydrogens is 365 g/mol. The molecule has 1 aliphatic rings. The quantitative estimate of drug-likeness (QED) is 0.479. The molecule has 0 fully saturated rings. The SMILES string of the molecule is CN(C)C=N/C(C#N)=C1/CNC(c2ccccc2F)c2cc(Cl)ccc2N1. The number of rotatable bonds is 3. The summed E-state index contributed by atoms with van der Waals surface area (Å²) in [5.74, 6) is -0.306. The van der Waals surface area contributed by atoms with Crippen LogP contribution in [0.5, 0.6) is 0 Å². The van der Waals surface area contributed by atoms with E-state index in [-0.39, 0.29) is 11.5 Å². The second-order valence-corrected chi connectivity index (χ2v) is 6.78. The van der Waals surface area contributed by atoms with Crippen LogP contribution in [0.3, 0.4) is 0 Å². The van der Waals surface area contributed by atoms with E-state index >= 15 is 0 Å². The molecule has 1 atom stereocenters. The van der Waals surface area contributed by atoms with Crippen molar-refractivity contribution in [2.75, 3.05) is 26.0 Å². The van der Waals surface area contributed by atoms with Crippen LogP contribution in [0.2, 0.25) is 5.02 Å². The van der Waals surface area contributed by atoms with Crippen LogP contribution in [0.4, 0.5) is 10.1 Å². The van der Waals surface area contributed by atoms with Crippen molar-refractivity contribution in [3.63, 3.8) is 0 Å².